The summed E-state index contributed by atoms with van der Waals surface area (Å²) in [4.78, 5) is 12.4. The smallest absolute Gasteiger partial charge is 0.240 e. The molecule has 7 nitrogen and oxygen atoms in total. The molecular weight excluding hydrogens is 400 g/mol. The van der Waals surface area contributed by atoms with Gasteiger partial charge in [-0.05, 0) is 74.4 Å². The van der Waals surface area contributed by atoms with Crippen LogP contribution < -0.4 is 14.8 Å². The van der Waals surface area contributed by atoms with Gasteiger partial charge in [0.05, 0.1) is 13.2 Å². The van der Waals surface area contributed by atoms with Crippen molar-refractivity contribution in [3.05, 3.63) is 58.9 Å². The third-order valence-electron chi connectivity index (χ3n) is 4.39. The van der Waals surface area contributed by atoms with E-state index in [-0.39, 0.29) is 12.5 Å². The minimum Gasteiger partial charge on any atom is -0.494 e. The van der Waals surface area contributed by atoms with Gasteiger partial charge in [0, 0.05) is 12.1 Å². The number of aromatic nitrogens is 3. The van der Waals surface area contributed by atoms with Crippen molar-refractivity contribution < 1.29 is 14.3 Å². The summed E-state index contributed by atoms with van der Waals surface area (Å²) in [5.41, 5.74) is 2.01. The monoisotopic (exact) mass is 426 g/mol. The van der Waals surface area contributed by atoms with E-state index < -0.39 is 0 Å². The molecular formula is C22H26N4O3S. The van der Waals surface area contributed by atoms with Gasteiger partial charge in [-0.1, -0.05) is 12.1 Å². The number of H-pyrrole nitrogens is 1. The summed E-state index contributed by atoms with van der Waals surface area (Å²) >= 11 is 5.30. The largest absolute Gasteiger partial charge is 0.494 e. The Hall–Kier alpha value is -3.13. The van der Waals surface area contributed by atoms with E-state index in [1.165, 1.54) is 0 Å². The highest BCUT2D eigenvalue weighted by Crippen LogP contribution is 2.21. The number of hydrogen-bond donors (Lipinski definition) is 2. The minimum atomic E-state index is -0.129. The van der Waals surface area contributed by atoms with Gasteiger partial charge in [-0.2, -0.15) is 5.10 Å². The Morgan fingerprint density at radius 3 is 2.70 bits per heavy atom. The molecule has 0 saturated heterocycles. The molecule has 8 heteroatoms. The van der Waals surface area contributed by atoms with Crippen molar-refractivity contribution in [2.75, 3.05) is 19.8 Å². The van der Waals surface area contributed by atoms with E-state index in [1.54, 1.807) is 4.57 Å². The van der Waals surface area contributed by atoms with Gasteiger partial charge in [0.2, 0.25) is 5.91 Å². The number of aromatic amines is 1. The maximum atomic E-state index is 12.4. The first-order valence-electron chi connectivity index (χ1n) is 9.91. The van der Waals surface area contributed by atoms with Gasteiger partial charge in [0.25, 0.3) is 0 Å². The molecule has 2 N–H and O–H groups in total. The number of nitrogens with zero attached hydrogens (tertiary/aromatic N) is 2. The van der Waals surface area contributed by atoms with Crippen LogP contribution in [-0.4, -0.2) is 40.4 Å². The van der Waals surface area contributed by atoms with Gasteiger partial charge in [-0.3, -0.25) is 14.5 Å². The first-order chi connectivity index (χ1) is 14.6. The van der Waals surface area contributed by atoms with Crippen LogP contribution in [0.4, 0.5) is 0 Å². The highest BCUT2D eigenvalue weighted by atomic mass is 32.1. The Labute approximate surface area is 181 Å². The van der Waals surface area contributed by atoms with Crippen molar-refractivity contribution in [1.29, 1.82) is 0 Å². The lowest BCUT2D eigenvalue weighted by atomic mass is 10.2. The van der Waals surface area contributed by atoms with Gasteiger partial charge >= 0.3 is 0 Å². The lowest BCUT2D eigenvalue weighted by Gasteiger charge is -2.10. The van der Waals surface area contributed by atoms with E-state index in [0.29, 0.717) is 36.8 Å². The number of ether oxygens (including phenoxy) is 2. The molecule has 1 amide bonds. The number of hydrogen-bond acceptors (Lipinski definition) is 5. The fraction of sp³-hybridized carbons (Fsp3) is 0.318. The number of carbonyl (C=O) groups is 1. The van der Waals surface area contributed by atoms with Crippen molar-refractivity contribution in [2.45, 2.75) is 26.8 Å². The van der Waals surface area contributed by atoms with Crippen molar-refractivity contribution >= 4 is 18.1 Å². The summed E-state index contributed by atoms with van der Waals surface area (Å²) in [6.45, 7) is 5.72. The fourth-order valence-electron chi connectivity index (χ4n) is 2.95. The molecule has 30 heavy (non-hydrogen) atoms. The zero-order valence-corrected chi connectivity index (χ0v) is 18.0. The molecule has 0 unspecified atom stereocenters. The first-order valence-corrected chi connectivity index (χ1v) is 10.3. The SMILES string of the molecule is CCOc1ccc(-c2n[nH]c(=S)n2CC(=O)NCCCOc2cccc(C)c2)cc1. The molecule has 2 aromatic carbocycles. The zero-order chi connectivity index (χ0) is 21.3. The third kappa shape index (κ3) is 5.93. The van der Waals surface area contributed by atoms with E-state index in [1.807, 2.05) is 62.4 Å². The van der Waals surface area contributed by atoms with Crippen molar-refractivity contribution in [3.8, 4) is 22.9 Å². The van der Waals surface area contributed by atoms with Gasteiger partial charge in [0.1, 0.15) is 18.0 Å². The van der Waals surface area contributed by atoms with Crippen LogP contribution in [-0.2, 0) is 11.3 Å². The summed E-state index contributed by atoms with van der Waals surface area (Å²) in [5, 5.41) is 9.94. The quantitative estimate of drug-likeness (QED) is 0.380. The number of benzene rings is 2. The molecule has 1 heterocycles. The van der Waals surface area contributed by atoms with E-state index in [4.69, 9.17) is 21.7 Å². The molecule has 0 aliphatic carbocycles. The molecule has 0 saturated carbocycles. The average Bonchev–Trinajstić information content (AvgIpc) is 3.09. The van der Waals surface area contributed by atoms with Crippen LogP contribution in [0.2, 0.25) is 0 Å². The summed E-state index contributed by atoms with van der Waals surface area (Å²) in [7, 11) is 0. The normalized spacial score (nSPS) is 10.6. The zero-order valence-electron chi connectivity index (χ0n) is 17.2. The second-order valence-electron chi connectivity index (χ2n) is 6.76. The number of amides is 1. The van der Waals surface area contributed by atoms with Gasteiger partial charge < -0.3 is 14.8 Å². The lowest BCUT2D eigenvalue weighted by Crippen LogP contribution is -2.29. The summed E-state index contributed by atoms with van der Waals surface area (Å²) in [6.07, 6.45) is 0.711. The molecule has 0 fully saturated rings. The van der Waals surface area contributed by atoms with Crippen LogP contribution in [0.3, 0.4) is 0 Å². The Balaban J connectivity index is 1.50. The van der Waals surface area contributed by atoms with E-state index in [2.05, 4.69) is 15.5 Å². The molecule has 0 atom stereocenters. The van der Waals surface area contributed by atoms with Gasteiger partial charge in [-0.15, -0.1) is 0 Å². The predicted octanol–water partition coefficient (Wildman–Crippen LogP) is 3.90. The van der Waals surface area contributed by atoms with E-state index >= 15 is 0 Å². The second-order valence-corrected chi connectivity index (χ2v) is 7.15. The molecule has 3 aromatic rings. The standard InChI is InChI=1S/C22H26N4O3S/c1-3-28-18-10-8-17(9-11-18)21-24-25-22(30)26(21)15-20(27)23-12-5-13-29-19-7-4-6-16(2)14-19/h4,6-11,14H,3,5,12-13,15H2,1-2H3,(H,23,27)(H,25,30). The van der Waals surface area contributed by atoms with Crippen LogP contribution in [0.1, 0.15) is 18.9 Å². The summed E-state index contributed by atoms with van der Waals surface area (Å²) in [6, 6.07) is 15.4. The molecule has 0 aliphatic rings. The summed E-state index contributed by atoms with van der Waals surface area (Å²) < 4.78 is 13.2. The molecule has 3 rings (SSSR count). The average molecular weight is 427 g/mol. The van der Waals surface area contributed by atoms with Crippen LogP contribution in [0.5, 0.6) is 11.5 Å². The highest BCUT2D eigenvalue weighted by Gasteiger charge is 2.12. The highest BCUT2D eigenvalue weighted by molar-refractivity contribution is 7.71. The Morgan fingerprint density at radius 2 is 1.97 bits per heavy atom. The van der Waals surface area contributed by atoms with Crippen molar-refractivity contribution in [1.82, 2.24) is 20.1 Å². The predicted molar refractivity (Wildman–Crippen MR) is 118 cm³/mol. The topological polar surface area (TPSA) is 81.2 Å². The minimum absolute atomic E-state index is 0.0939. The Morgan fingerprint density at radius 1 is 1.17 bits per heavy atom. The molecule has 0 bridgehead atoms. The lowest BCUT2D eigenvalue weighted by molar-refractivity contribution is -0.121. The number of aryl methyl sites for hydroxylation is 1. The summed E-state index contributed by atoms with van der Waals surface area (Å²) in [5.74, 6) is 2.11. The van der Waals surface area contributed by atoms with Crippen molar-refractivity contribution in [2.24, 2.45) is 0 Å². The molecule has 0 radical (unpaired) electrons. The van der Waals surface area contributed by atoms with Crippen LogP contribution in [0, 0.1) is 11.7 Å². The molecule has 158 valence electrons. The molecule has 0 spiro atoms. The third-order valence-corrected chi connectivity index (χ3v) is 4.70. The van der Waals surface area contributed by atoms with Crippen LogP contribution in [0.15, 0.2) is 48.5 Å². The number of rotatable bonds is 10. The molecule has 1 aromatic heterocycles. The van der Waals surface area contributed by atoms with Gasteiger partial charge in [-0.25, -0.2) is 0 Å². The van der Waals surface area contributed by atoms with E-state index in [9.17, 15) is 4.79 Å². The van der Waals surface area contributed by atoms with Crippen molar-refractivity contribution in [3.63, 3.8) is 0 Å². The van der Waals surface area contributed by atoms with Crippen LogP contribution >= 0.6 is 12.2 Å². The van der Waals surface area contributed by atoms with E-state index in [0.717, 1.165) is 22.6 Å². The maximum absolute atomic E-state index is 12.4. The van der Waals surface area contributed by atoms with Crippen LogP contribution in [0.25, 0.3) is 11.4 Å². The Bertz CT molecular complexity index is 1030. The second kappa shape index (κ2) is 10.6. The fourth-order valence-corrected chi connectivity index (χ4v) is 3.14. The number of carbonyl (C=O) groups excluding carboxylic acids is 1. The molecule has 0 aliphatic heterocycles. The Kier molecular flexibility index (Phi) is 7.62. The van der Waals surface area contributed by atoms with Gasteiger partial charge in [0.15, 0.2) is 10.6 Å². The first kappa shape index (κ1) is 21.6. The number of nitrogens with one attached hydrogen (secondary N) is 2. The maximum Gasteiger partial charge on any atom is 0.240 e.